The van der Waals surface area contributed by atoms with Crippen molar-refractivity contribution < 1.29 is 4.74 Å². The van der Waals surface area contributed by atoms with Crippen LogP contribution in [-0.2, 0) is 0 Å². The first-order chi connectivity index (χ1) is 9.63. The summed E-state index contributed by atoms with van der Waals surface area (Å²) in [7, 11) is 0. The highest BCUT2D eigenvalue weighted by Crippen LogP contribution is 2.27. The third-order valence-corrected chi connectivity index (χ3v) is 3.23. The zero-order chi connectivity index (χ0) is 14.5. The van der Waals surface area contributed by atoms with E-state index in [4.69, 9.17) is 10.00 Å². The molecule has 4 nitrogen and oxygen atoms in total. The van der Waals surface area contributed by atoms with Gasteiger partial charge in [-0.3, -0.25) is 0 Å². The predicted molar refractivity (Wildman–Crippen MR) is 82.1 cm³/mol. The highest BCUT2D eigenvalue weighted by Gasteiger charge is 2.06. The molecule has 0 unspecified atom stereocenters. The summed E-state index contributed by atoms with van der Waals surface area (Å²) in [5, 5.41) is 8.88. The molecule has 1 heterocycles. The molecule has 0 amide bonds. The van der Waals surface area contributed by atoms with E-state index in [0.29, 0.717) is 17.1 Å². The molecule has 0 spiro atoms. The molecule has 0 radical (unpaired) electrons. The Labute approximate surface area is 122 Å². The summed E-state index contributed by atoms with van der Waals surface area (Å²) in [4.78, 5) is 4.27. The first kappa shape index (κ1) is 14.2. The molecule has 0 fully saturated rings. The minimum absolute atomic E-state index is 0.496. The van der Waals surface area contributed by atoms with Crippen LogP contribution in [0.4, 0.5) is 5.69 Å². The lowest BCUT2D eigenvalue weighted by Crippen LogP contribution is -1.95. The zero-order valence-electron chi connectivity index (χ0n) is 11.6. The van der Waals surface area contributed by atoms with Crippen LogP contribution < -0.4 is 9.46 Å². The van der Waals surface area contributed by atoms with Gasteiger partial charge in [0.15, 0.2) is 0 Å². The molecule has 1 aromatic heterocycles. The number of aryl methyl sites for hydroxylation is 2. The molecule has 0 saturated carbocycles. The second kappa shape index (κ2) is 6.31. The van der Waals surface area contributed by atoms with Crippen molar-refractivity contribution in [2.45, 2.75) is 13.8 Å². The number of nitrogens with zero attached hydrogens (tertiary/aromatic N) is 2. The van der Waals surface area contributed by atoms with E-state index < -0.39 is 0 Å². The number of rotatable bonds is 4. The van der Waals surface area contributed by atoms with Crippen LogP contribution in [0.1, 0.15) is 16.8 Å². The van der Waals surface area contributed by atoms with Crippen LogP contribution in [0.15, 0.2) is 30.3 Å². The normalized spacial score (nSPS) is 9.90. The Hall–Kier alpha value is -2.19. The van der Waals surface area contributed by atoms with Crippen LogP contribution in [0.2, 0.25) is 0 Å². The molecule has 0 atom stereocenters. The van der Waals surface area contributed by atoms with Crippen LogP contribution >= 0.6 is 11.9 Å². The van der Waals surface area contributed by atoms with Crippen LogP contribution in [0.5, 0.6) is 11.6 Å². The summed E-state index contributed by atoms with van der Waals surface area (Å²) in [5.41, 5.74) is 3.29. The van der Waals surface area contributed by atoms with Gasteiger partial charge in [-0.15, -0.1) is 0 Å². The summed E-state index contributed by atoms with van der Waals surface area (Å²) < 4.78 is 8.94. The zero-order valence-corrected chi connectivity index (χ0v) is 12.4. The van der Waals surface area contributed by atoms with E-state index in [-0.39, 0.29) is 0 Å². The molecular weight excluding hydrogens is 270 g/mol. The number of anilines is 1. The Kier molecular flexibility index (Phi) is 4.49. The standard InChI is InChI=1S/C15H15N3OS/c1-10-8-13(18-20-3)5-6-14(10)19-15-7-4-12(9-16)11(2)17-15/h4-8,18H,1-3H3. The first-order valence-electron chi connectivity index (χ1n) is 6.09. The van der Waals surface area contributed by atoms with Crippen LogP contribution in [0.25, 0.3) is 0 Å². The Balaban J connectivity index is 2.22. The predicted octanol–water partition coefficient (Wildman–Crippen LogP) is 4.05. The number of ether oxygens (including phenoxy) is 1. The van der Waals surface area contributed by atoms with Crippen molar-refractivity contribution in [3.05, 3.63) is 47.2 Å². The molecule has 0 aliphatic heterocycles. The van der Waals surface area contributed by atoms with Crippen molar-refractivity contribution in [1.29, 1.82) is 5.26 Å². The summed E-state index contributed by atoms with van der Waals surface area (Å²) in [6.07, 6.45) is 1.98. The molecule has 1 N–H and O–H groups in total. The van der Waals surface area contributed by atoms with E-state index in [1.165, 1.54) is 0 Å². The fourth-order valence-corrected chi connectivity index (χ4v) is 2.13. The van der Waals surface area contributed by atoms with Gasteiger partial charge in [0.1, 0.15) is 11.8 Å². The molecule has 5 heteroatoms. The minimum Gasteiger partial charge on any atom is -0.439 e. The van der Waals surface area contributed by atoms with Gasteiger partial charge in [-0.2, -0.15) is 5.26 Å². The quantitative estimate of drug-likeness (QED) is 0.859. The van der Waals surface area contributed by atoms with Gasteiger partial charge < -0.3 is 9.46 Å². The number of nitrogens with one attached hydrogen (secondary N) is 1. The van der Waals surface area contributed by atoms with Gasteiger partial charge in [-0.25, -0.2) is 4.98 Å². The summed E-state index contributed by atoms with van der Waals surface area (Å²) in [6.45, 7) is 3.78. The minimum atomic E-state index is 0.496. The van der Waals surface area contributed by atoms with Crippen LogP contribution in [-0.4, -0.2) is 11.2 Å². The van der Waals surface area contributed by atoms with Crippen molar-refractivity contribution in [2.75, 3.05) is 11.0 Å². The summed E-state index contributed by atoms with van der Waals surface area (Å²) >= 11 is 1.55. The smallest absolute Gasteiger partial charge is 0.219 e. The second-order valence-electron chi connectivity index (χ2n) is 4.28. The molecule has 1 aromatic carbocycles. The van der Waals surface area contributed by atoms with Crippen LogP contribution in [0, 0.1) is 25.2 Å². The van der Waals surface area contributed by atoms with E-state index >= 15 is 0 Å². The fraction of sp³-hybridized carbons (Fsp3) is 0.200. The van der Waals surface area contributed by atoms with Gasteiger partial charge in [-0.05, 0) is 43.7 Å². The lowest BCUT2D eigenvalue weighted by Gasteiger charge is -2.10. The van der Waals surface area contributed by atoms with Crippen LogP contribution in [0.3, 0.4) is 0 Å². The highest BCUT2D eigenvalue weighted by molar-refractivity contribution is 7.99. The Morgan fingerprint density at radius 1 is 1.25 bits per heavy atom. The molecule has 0 aliphatic rings. The van der Waals surface area contributed by atoms with Crippen molar-refractivity contribution >= 4 is 17.6 Å². The maximum absolute atomic E-state index is 8.88. The van der Waals surface area contributed by atoms with Crippen molar-refractivity contribution in [1.82, 2.24) is 4.98 Å². The van der Waals surface area contributed by atoms with Gasteiger partial charge in [-0.1, -0.05) is 11.9 Å². The lowest BCUT2D eigenvalue weighted by atomic mass is 10.2. The van der Waals surface area contributed by atoms with E-state index in [1.54, 1.807) is 31.0 Å². The second-order valence-corrected chi connectivity index (χ2v) is 4.90. The first-order valence-corrected chi connectivity index (χ1v) is 7.31. The third kappa shape index (κ3) is 3.22. The largest absolute Gasteiger partial charge is 0.439 e. The van der Waals surface area contributed by atoms with E-state index in [2.05, 4.69) is 15.8 Å². The van der Waals surface area contributed by atoms with E-state index in [9.17, 15) is 0 Å². The van der Waals surface area contributed by atoms with Crippen molar-refractivity contribution in [3.8, 4) is 17.7 Å². The number of benzene rings is 1. The summed E-state index contributed by atoms with van der Waals surface area (Å²) in [6, 6.07) is 11.4. The molecule has 102 valence electrons. The molecule has 2 rings (SSSR count). The van der Waals surface area contributed by atoms with E-state index in [1.807, 2.05) is 31.4 Å². The topological polar surface area (TPSA) is 57.9 Å². The molecule has 0 bridgehead atoms. The van der Waals surface area contributed by atoms with Gasteiger partial charge in [0.25, 0.3) is 0 Å². The van der Waals surface area contributed by atoms with E-state index in [0.717, 1.165) is 17.0 Å². The Morgan fingerprint density at radius 3 is 2.65 bits per heavy atom. The number of nitriles is 1. The van der Waals surface area contributed by atoms with Crippen molar-refractivity contribution in [3.63, 3.8) is 0 Å². The number of hydrogen-bond donors (Lipinski definition) is 1. The molecule has 0 aliphatic carbocycles. The highest BCUT2D eigenvalue weighted by atomic mass is 32.2. The maximum atomic E-state index is 8.88. The SMILES string of the molecule is CSNc1ccc(Oc2ccc(C#N)c(C)n2)c(C)c1. The maximum Gasteiger partial charge on any atom is 0.219 e. The van der Waals surface area contributed by atoms with Gasteiger partial charge in [0.05, 0.1) is 11.3 Å². The molecule has 0 saturated heterocycles. The number of hydrogen-bond acceptors (Lipinski definition) is 5. The Bertz CT molecular complexity index is 665. The molecular formula is C15H15N3OS. The molecule has 2 aromatic rings. The van der Waals surface area contributed by atoms with Gasteiger partial charge >= 0.3 is 0 Å². The lowest BCUT2D eigenvalue weighted by molar-refractivity contribution is 0.458. The monoisotopic (exact) mass is 285 g/mol. The third-order valence-electron chi connectivity index (χ3n) is 2.79. The van der Waals surface area contributed by atoms with Gasteiger partial charge in [0, 0.05) is 18.0 Å². The number of aromatic nitrogens is 1. The van der Waals surface area contributed by atoms with Gasteiger partial charge in [0.2, 0.25) is 5.88 Å². The molecule has 20 heavy (non-hydrogen) atoms. The average Bonchev–Trinajstić information content (AvgIpc) is 2.42. The fourth-order valence-electron chi connectivity index (χ4n) is 1.77. The average molecular weight is 285 g/mol. The summed E-state index contributed by atoms with van der Waals surface area (Å²) in [5.74, 6) is 1.25. The Morgan fingerprint density at radius 2 is 2.05 bits per heavy atom. The number of pyridine rings is 1. The van der Waals surface area contributed by atoms with Crippen molar-refractivity contribution in [2.24, 2.45) is 0 Å².